The van der Waals surface area contributed by atoms with Crippen molar-refractivity contribution in [2.45, 2.75) is 13.8 Å². The Labute approximate surface area is 146 Å². The number of nitrogens with zero attached hydrogens (tertiary/aromatic N) is 1. The summed E-state index contributed by atoms with van der Waals surface area (Å²) in [4.78, 5) is 10.8. The van der Waals surface area contributed by atoms with Crippen LogP contribution in [-0.4, -0.2) is 24.3 Å². The first-order valence-electron chi connectivity index (χ1n) is 7.77. The number of rotatable bonds is 7. The molecule has 5 nitrogen and oxygen atoms in total. The van der Waals surface area contributed by atoms with E-state index in [1.54, 1.807) is 30.3 Å². The molecule has 0 radical (unpaired) electrons. The molecule has 0 aliphatic heterocycles. The van der Waals surface area contributed by atoms with Gasteiger partial charge in [0.25, 0.3) is 0 Å². The first-order chi connectivity index (χ1) is 12.0. The number of aliphatic carboxylic acids is 1. The van der Waals surface area contributed by atoms with Crippen molar-refractivity contribution in [1.82, 2.24) is 0 Å². The molecule has 0 aliphatic rings. The van der Waals surface area contributed by atoms with Gasteiger partial charge in [-0.2, -0.15) is 5.26 Å². The highest BCUT2D eigenvalue weighted by atomic mass is 16.5. The van der Waals surface area contributed by atoms with Gasteiger partial charge in [-0.1, -0.05) is 18.2 Å². The molecule has 0 aromatic heterocycles. The van der Waals surface area contributed by atoms with Gasteiger partial charge < -0.3 is 14.6 Å². The molecule has 0 unspecified atom stereocenters. The maximum Gasteiger partial charge on any atom is 0.346 e. The Balaban J connectivity index is 1.84. The first-order valence-corrected chi connectivity index (χ1v) is 7.77. The summed E-state index contributed by atoms with van der Waals surface area (Å²) in [7, 11) is 0. The summed E-state index contributed by atoms with van der Waals surface area (Å²) in [5.74, 6) is 0.214. The van der Waals surface area contributed by atoms with Gasteiger partial charge in [0.1, 0.15) is 36.4 Å². The molecule has 0 fully saturated rings. The molecule has 0 amide bonds. The Morgan fingerprint density at radius 2 is 1.64 bits per heavy atom. The summed E-state index contributed by atoms with van der Waals surface area (Å²) < 4.78 is 11.2. The van der Waals surface area contributed by atoms with Crippen LogP contribution in [0.2, 0.25) is 0 Å². The molecule has 5 heteroatoms. The van der Waals surface area contributed by atoms with E-state index in [0.29, 0.717) is 24.5 Å². The Morgan fingerprint density at radius 1 is 1.04 bits per heavy atom. The fourth-order valence-corrected chi connectivity index (χ4v) is 2.09. The van der Waals surface area contributed by atoms with E-state index in [2.05, 4.69) is 6.92 Å². The Bertz CT molecular complexity index is 817. The molecular formula is C20H19NO4. The highest BCUT2D eigenvalue weighted by molar-refractivity contribution is 5.96. The molecule has 0 bridgehead atoms. The summed E-state index contributed by atoms with van der Waals surface area (Å²) in [6.45, 7) is 4.90. The Morgan fingerprint density at radius 3 is 2.20 bits per heavy atom. The fraction of sp³-hybridized carbons (Fsp3) is 0.200. The van der Waals surface area contributed by atoms with Gasteiger partial charge in [0, 0.05) is 0 Å². The number of hydrogen-bond acceptors (Lipinski definition) is 4. The summed E-state index contributed by atoms with van der Waals surface area (Å²) in [5, 5.41) is 17.6. The molecule has 128 valence electrons. The second-order valence-electron chi connectivity index (χ2n) is 5.49. The standard InChI is InChI=1S/C20H19NO4/c1-14-3-6-19(11-15(14)2)25-10-9-24-18-7-4-16(5-8-18)12-17(13-21)20(22)23/h3-8,11-12H,9-10H2,1-2H3,(H,22,23). The zero-order valence-electron chi connectivity index (χ0n) is 14.2. The van der Waals surface area contributed by atoms with Gasteiger partial charge in [0.05, 0.1) is 0 Å². The lowest BCUT2D eigenvalue weighted by Gasteiger charge is -2.10. The number of ether oxygens (including phenoxy) is 2. The molecule has 25 heavy (non-hydrogen) atoms. The quantitative estimate of drug-likeness (QED) is 0.473. The van der Waals surface area contributed by atoms with Crippen molar-refractivity contribution in [3.05, 3.63) is 64.7 Å². The lowest BCUT2D eigenvalue weighted by Crippen LogP contribution is -2.09. The molecule has 0 spiro atoms. The van der Waals surface area contributed by atoms with Crippen LogP contribution in [0.1, 0.15) is 16.7 Å². The van der Waals surface area contributed by atoms with E-state index in [-0.39, 0.29) is 5.57 Å². The smallest absolute Gasteiger partial charge is 0.346 e. The summed E-state index contributed by atoms with van der Waals surface area (Å²) in [5.41, 5.74) is 2.72. The third-order valence-electron chi connectivity index (χ3n) is 3.64. The molecule has 2 rings (SSSR count). The van der Waals surface area contributed by atoms with Crippen molar-refractivity contribution < 1.29 is 19.4 Å². The van der Waals surface area contributed by atoms with Crippen LogP contribution in [0.5, 0.6) is 11.5 Å². The van der Waals surface area contributed by atoms with Crippen LogP contribution in [0.3, 0.4) is 0 Å². The monoisotopic (exact) mass is 337 g/mol. The van der Waals surface area contributed by atoms with Gasteiger partial charge in [-0.25, -0.2) is 4.79 Å². The number of carboxylic acids is 1. The molecule has 1 N–H and O–H groups in total. The summed E-state index contributed by atoms with van der Waals surface area (Å²) in [6, 6.07) is 14.4. The summed E-state index contributed by atoms with van der Waals surface area (Å²) >= 11 is 0. The molecule has 0 heterocycles. The van der Waals surface area contributed by atoms with Gasteiger partial charge in [0.15, 0.2) is 0 Å². The topological polar surface area (TPSA) is 79.5 Å². The van der Waals surface area contributed by atoms with E-state index in [9.17, 15) is 4.79 Å². The lowest BCUT2D eigenvalue weighted by molar-refractivity contribution is -0.132. The number of hydrogen-bond donors (Lipinski definition) is 1. The fourth-order valence-electron chi connectivity index (χ4n) is 2.09. The van der Waals surface area contributed by atoms with E-state index in [1.807, 2.05) is 25.1 Å². The van der Waals surface area contributed by atoms with Crippen molar-refractivity contribution >= 4 is 12.0 Å². The highest BCUT2D eigenvalue weighted by Crippen LogP contribution is 2.17. The van der Waals surface area contributed by atoms with Gasteiger partial charge in [-0.15, -0.1) is 0 Å². The van der Waals surface area contributed by atoms with E-state index >= 15 is 0 Å². The number of carbonyl (C=O) groups is 1. The Kier molecular flexibility index (Phi) is 6.19. The van der Waals surface area contributed by atoms with Crippen molar-refractivity contribution in [2.75, 3.05) is 13.2 Å². The largest absolute Gasteiger partial charge is 0.490 e. The van der Waals surface area contributed by atoms with Crippen LogP contribution in [0.15, 0.2) is 48.0 Å². The maximum atomic E-state index is 10.8. The number of benzene rings is 2. The molecule has 0 aliphatic carbocycles. The third-order valence-corrected chi connectivity index (χ3v) is 3.64. The average Bonchev–Trinajstić information content (AvgIpc) is 2.60. The second-order valence-corrected chi connectivity index (χ2v) is 5.49. The van der Waals surface area contributed by atoms with Gasteiger partial charge in [0.2, 0.25) is 0 Å². The molecule has 0 saturated heterocycles. The first kappa shape index (κ1) is 18.1. The normalized spacial score (nSPS) is 10.8. The van der Waals surface area contributed by atoms with Crippen LogP contribution in [0.25, 0.3) is 6.08 Å². The summed E-state index contributed by atoms with van der Waals surface area (Å²) in [6.07, 6.45) is 1.31. The van der Waals surface area contributed by atoms with Crippen molar-refractivity contribution in [3.8, 4) is 17.6 Å². The third kappa shape index (κ3) is 5.40. The average molecular weight is 337 g/mol. The SMILES string of the molecule is Cc1ccc(OCCOc2ccc(C=C(C#N)C(=O)O)cc2)cc1C. The van der Waals surface area contributed by atoms with Crippen LogP contribution in [0.4, 0.5) is 0 Å². The molecular weight excluding hydrogens is 318 g/mol. The number of carboxylic acid groups (broad SMARTS) is 1. The Hall–Kier alpha value is -3.26. The predicted octanol–water partition coefficient (Wildman–Crippen LogP) is 3.75. The predicted molar refractivity (Wildman–Crippen MR) is 94.6 cm³/mol. The maximum absolute atomic E-state index is 10.8. The van der Waals surface area contributed by atoms with E-state index < -0.39 is 5.97 Å². The van der Waals surface area contributed by atoms with E-state index in [0.717, 1.165) is 5.75 Å². The minimum absolute atomic E-state index is 0.310. The van der Waals surface area contributed by atoms with Gasteiger partial charge >= 0.3 is 5.97 Å². The zero-order chi connectivity index (χ0) is 18.2. The molecule has 0 saturated carbocycles. The minimum Gasteiger partial charge on any atom is -0.490 e. The number of aryl methyl sites for hydroxylation is 2. The van der Waals surface area contributed by atoms with E-state index in [1.165, 1.54) is 17.2 Å². The van der Waals surface area contributed by atoms with E-state index in [4.69, 9.17) is 19.8 Å². The van der Waals surface area contributed by atoms with Crippen LogP contribution in [0, 0.1) is 25.2 Å². The zero-order valence-corrected chi connectivity index (χ0v) is 14.2. The highest BCUT2D eigenvalue weighted by Gasteiger charge is 2.05. The van der Waals surface area contributed by atoms with Gasteiger partial charge in [-0.3, -0.25) is 0 Å². The van der Waals surface area contributed by atoms with Crippen LogP contribution >= 0.6 is 0 Å². The van der Waals surface area contributed by atoms with Crippen molar-refractivity contribution in [3.63, 3.8) is 0 Å². The van der Waals surface area contributed by atoms with Crippen LogP contribution < -0.4 is 9.47 Å². The lowest BCUT2D eigenvalue weighted by atomic mass is 10.1. The molecule has 0 atom stereocenters. The van der Waals surface area contributed by atoms with Crippen molar-refractivity contribution in [2.24, 2.45) is 0 Å². The molecule has 2 aromatic rings. The van der Waals surface area contributed by atoms with Crippen LogP contribution in [-0.2, 0) is 4.79 Å². The molecule has 2 aromatic carbocycles. The second kappa shape index (κ2) is 8.55. The number of nitriles is 1. The van der Waals surface area contributed by atoms with Crippen molar-refractivity contribution in [1.29, 1.82) is 5.26 Å². The van der Waals surface area contributed by atoms with Gasteiger partial charge in [-0.05, 0) is 60.9 Å². The minimum atomic E-state index is -1.24.